The first kappa shape index (κ1) is 19.6. The third-order valence-electron chi connectivity index (χ3n) is 5.10. The second-order valence-electron chi connectivity index (χ2n) is 7.46. The van der Waals surface area contributed by atoms with Crippen molar-refractivity contribution in [2.45, 2.75) is 19.9 Å². The van der Waals surface area contributed by atoms with Gasteiger partial charge in [-0.05, 0) is 30.2 Å². The number of nitrogens with zero attached hydrogens (tertiary/aromatic N) is 3. The van der Waals surface area contributed by atoms with Crippen LogP contribution >= 0.6 is 0 Å². The number of carbonyl (C=O) groups excluding carboxylic acids is 2. The summed E-state index contributed by atoms with van der Waals surface area (Å²) in [7, 11) is 0. The Morgan fingerprint density at radius 2 is 1.73 bits per heavy atom. The number of anilines is 2. The van der Waals surface area contributed by atoms with E-state index >= 15 is 0 Å². The zero-order valence-electron chi connectivity index (χ0n) is 16.9. The van der Waals surface area contributed by atoms with Crippen molar-refractivity contribution in [3.63, 3.8) is 0 Å². The summed E-state index contributed by atoms with van der Waals surface area (Å²) < 4.78 is 0. The van der Waals surface area contributed by atoms with E-state index in [2.05, 4.69) is 10.3 Å². The van der Waals surface area contributed by atoms with Crippen LogP contribution in [0.15, 0.2) is 72.9 Å². The first-order chi connectivity index (χ1) is 14.6. The van der Waals surface area contributed by atoms with Gasteiger partial charge in [-0.3, -0.25) is 9.69 Å². The summed E-state index contributed by atoms with van der Waals surface area (Å²) in [4.78, 5) is 32.9. The summed E-state index contributed by atoms with van der Waals surface area (Å²) in [5, 5.41) is 2.86. The molecule has 0 atom stereocenters. The van der Waals surface area contributed by atoms with E-state index in [1.807, 2.05) is 66.4 Å². The average molecular weight is 400 g/mol. The van der Waals surface area contributed by atoms with Gasteiger partial charge in [-0.1, -0.05) is 60.2 Å². The summed E-state index contributed by atoms with van der Waals surface area (Å²) in [5.74, 6) is 0.492. The molecule has 30 heavy (non-hydrogen) atoms. The van der Waals surface area contributed by atoms with Gasteiger partial charge in [0.05, 0.1) is 18.3 Å². The molecule has 6 nitrogen and oxygen atoms in total. The summed E-state index contributed by atoms with van der Waals surface area (Å²) in [6, 6.07) is 21.3. The van der Waals surface area contributed by atoms with Crippen LogP contribution in [0.5, 0.6) is 0 Å². The summed E-state index contributed by atoms with van der Waals surface area (Å²) in [6.07, 6.45) is 1.90. The first-order valence-corrected chi connectivity index (χ1v) is 10.0. The highest BCUT2D eigenvalue weighted by Crippen LogP contribution is 2.21. The topological polar surface area (TPSA) is 65.5 Å². The van der Waals surface area contributed by atoms with Gasteiger partial charge < -0.3 is 10.2 Å². The van der Waals surface area contributed by atoms with Crippen LogP contribution in [0.25, 0.3) is 0 Å². The van der Waals surface area contributed by atoms with Crippen molar-refractivity contribution >= 4 is 23.4 Å². The molecule has 1 N–H and O–H groups in total. The van der Waals surface area contributed by atoms with Crippen molar-refractivity contribution in [1.82, 2.24) is 9.88 Å². The molecule has 0 spiro atoms. The molecule has 6 heteroatoms. The number of nitrogens with one attached hydrogen (secondary N) is 1. The lowest BCUT2D eigenvalue weighted by Crippen LogP contribution is -2.31. The van der Waals surface area contributed by atoms with Crippen LogP contribution in [0.4, 0.5) is 16.3 Å². The Kier molecular flexibility index (Phi) is 5.75. The molecule has 3 amide bonds. The average Bonchev–Trinajstić information content (AvgIpc) is 3.11. The number of hydrogen-bond donors (Lipinski definition) is 1. The number of amides is 3. The molecule has 3 aromatic rings. The van der Waals surface area contributed by atoms with Crippen LogP contribution in [0.3, 0.4) is 0 Å². The molecule has 1 fully saturated rings. The third kappa shape index (κ3) is 4.66. The fourth-order valence-corrected chi connectivity index (χ4v) is 3.46. The van der Waals surface area contributed by atoms with Crippen LogP contribution < -0.4 is 10.2 Å². The van der Waals surface area contributed by atoms with Crippen molar-refractivity contribution < 1.29 is 9.59 Å². The number of hydrogen-bond acceptors (Lipinski definition) is 3. The number of rotatable bonds is 6. The molecule has 2 heterocycles. The molecule has 0 bridgehead atoms. The van der Waals surface area contributed by atoms with Crippen LogP contribution in [-0.2, 0) is 17.8 Å². The van der Waals surface area contributed by atoms with Gasteiger partial charge in [-0.15, -0.1) is 0 Å². The lowest BCUT2D eigenvalue weighted by atomic mass is 10.1. The molecule has 152 valence electrons. The molecule has 1 saturated heterocycles. The maximum absolute atomic E-state index is 12.7. The number of urea groups is 1. The monoisotopic (exact) mass is 400 g/mol. The largest absolute Gasteiger partial charge is 0.326 e. The zero-order valence-corrected chi connectivity index (χ0v) is 16.9. The molecular weight excluding hydrogens is 376 g/mol. The predicted molar refractivity (Wildman–Crippen MR) is 117 cm³/mol. The molecule has 0 radical (unpaired) electrons. The SMILES string of the molecule is Cc1ccc(CC(=O)Nc2ccc(N3CCN(Cc4ccccc4)C3=O)nc2)cc1. The second kappa shape index (κ2) is 8.78. The van der Waals surface area contributed by atoms with Crippen LogP contribution in [0.1, 0.15) is 16.7 Å². The third-order valence-corrected chi connectivity index (χ3v) is 5.10. The Balaban J connectivity index is 1.34. The number of carbonyl (C=O) groups is 2. The van der Waals surface area contributed by atoms with E-state index in [9.17, 15) is 9.59 Å². The fraction of sp³-hybridized carbons (Fsp3) is 0.208. The first-order valence-electron chi connectivity index (χ1n) is 10.0. The standard InChI is InChI=1S/C24H24N4O2/c1-18-7-9-19(10-8-18)15-23(29)26-21-11-12-22(25-16-21)28-14-13-27(24(28)30)17-20-5-3-2-4-6-20/h2-12,16H,13-15,17H2,1H3,(H,26,29). The Bertz CT molecular complexity index is 1020. The van der Waals surface area contributed by atoms with Gasteiger partial charge in [0.2, 0.25) is 5.91 Å². The minimum absolute atomic E-state index is 0.0532. The van der Waals surface area contributed by atoms with Gasteiger partial charge in [-0.2, -0.15) is 0 Å². The summed E-state index contributed by atoms with van der Waals surface area (Å²) in [6.45, 7) is 3.86. The van der Waals surface area contributed by atoms with E-state index < -0.39 is 0 Å². The highest BCUT2D eigenvalue weighted by atomic mass is 16.2. The van der Waals surface area contributed by atoms with Gasteiger partial charge >= 0.3 is 6.03 Å². The van der Waals surface area contributed by atoms with Gasteiger partial charge in [0.15, 0.2) is 0 Å². The summed E-state index contributed by atoms with van der Waals surface area (Å²) in [5.41, 5.74) is 3.84. The molecule has 0 aliphatic carbocycles. The number of benzene rings is 2. The maximum atomic E-state index is 12.7. The summed E-state index contributed by atoms with van der Waals surface area (Å²) >= 11 is 0. The van der Waals surface area contributed by atoms with Crippen LogP contribution in [0, 0.1) is 6.92 Å². The Labute approximate surface area is 176 Å². The van der Waals surface area contributed by atoms with E-state index in [0.29, 0.717) is 37.6 Å². The van der Waals surface area contributed by atoms with Gasteiger partial charge in [0.25, 0.3) is 0 Å². The maximum Gasteiger partial charge on any atom is 0.326 e. The zero-order chi connectivity index (χ0) is 20.9. The Hall–Kier alpha value is -3.67. The van der Waals surface area contributed by atoms with E-state index in [1.54, 1.807) is 23.2 Å². The van der Waals surface area contributed by atoms with Crippen molar-refractivity contribution in [2.24, 2.45) is 0 Å². The molecule has 1 aliphatic heterocycles. The number of pyridine rings is 1. The Morgan fingerprint density at radius 1 is 0.967 bits per heavy atom. The number of aromatic nitrogens is 1. The highest BCUT2D eigenvalue weighted by Gasteiger charge is 2.30. The van der Waals surface area contributed by atoms with E-state index in [-0.39, 0.29) is 11.9 Å². The Morgan fingerprint density at radius 3 is 2.43 bits per heavy atom. The number of aryl methyl sites for hydroxylation is 1. The molecule has 1 aromatic heterocycles. The smallest absolute Gasteiger partial charge is 0.324 e. The minimum atomic E-state index is -0.0975. The molecule has 0 saturated carbocycles. The fourth-order valence-electron chi connectivity index (χ4n) is 3.46. The van der Waals surface area contributed by atoms with Gasteiger partial charge in [-0.25, -0.2) is 9.78 Å². The van der Waals surface area contributed by atoms with Gasteiger partial charge in [0.1, 0.15) is 5.82 Å². The van der Waals surface area contributed by atoms with E-state index in [0.717, 1.165) is 16.7 Å². The second-order valence-corrected chi connectivity index (χ2v) is 7.46. The van der Waals surface area contributed by atoms with Crippen molar-refractivity contribution in [3.8, 4) is 0 Å². The molecule has 4 rings (SSSR count). The van der Waals surface area contributed by atoms with E-state index in [4.69, 9.17) is 0 Å². The molecule has 1 aliphatic rings. The van der Waals surface area contributed by atoms with Crippen LogP contribution in [0.2, 0.25) is 0 Å². The van der Waals surface area contributed by atoms with E-state index in [1.165, 1.54) is 0 Å². The minimum Gasteiger partial charge on any atom is -0.324 e. The highest BCUT2D eigenvalue weighted by molar-refractivity contribution is 5.94. The molecule has 2 aromatic carbocycles. The molecular formula is C24H24N4O2. The quantitative estimate of drug-likeness (QED) is 0.680. The molecule has 0 unspecified atom stereocenters. The lowest BCUT2D eigenvalue weighted by Gasteiger charge is -2.18. The predicted octanol–water partition coefficient (Wildman–Crippen LogP) is 4.01. The lowest BCUT2D eigenvalue weighted by molar-refractivity contribution is -0.115. The van der Waals surface area contributed by atoms with Gasteiger partial charge in [0, 0.05) is 19.6 Å². The van der Waals surface area contributed by atoms with Crippen LogP contribution in [-0.4, -0.2) is 34.9 Å². The van der Waals surface area contributed by atoms with Crippen molar-refractivity contribution in [1.29, 1.82) is 0 Å². The van der Waals surface area contributed by atoms with Crippen molar-refractivity contribution in [3.05, 3.63) is 89.6 Å². The normalized spacial score (nSPS) is 13.6. The van der Waals surface area contributed by atoms with Crippen molar-refractivity contribution in [2.75, 3.05) is 23.3 Å².